The van der Waals surface area contributed by atoms with Gasteiger partial charge in [-0.3, -0.25) is 4.79 Å². The van der Waals surface area contributed by atoms with Crippen LogP contribution in [0.4, 0.5) is 0 Å². The molecular weight excluding hydrogens is 392 g/mol. The average molecular weight is 416 g/mol. The van der Waals surface area contributed by atoms with Crippen LogP contribution < -0.4 is 9.47 Å². The monoisotopic (exact) mass is 416 g/mol. The Morgan fingerprint density at radius 2 is 1.48 bits per heavy atom. The summed E-state index contributed by atoms with van der Waals surface area (Å²) in [4.78, 5) is 12.9. The Bertz CT molecular complexity index is 1030. The SMILES string of the molecule is COc1ccc(/C=N\N2C(=O)[C@@H](OCc3ccccc3)[C@@H]2c2ccc(OC)cc2)cc1. The van der Waals surface area contributed by atoms with Crippen LogP contribution in [0.3, 0.4) is 0 Å². The number of β-lactam (4-membered cyclic amide) rings is 1. The van der Waals surface area contributed by atoms with Gasteiger partial charge in [0.05, 0.1) is 27.0 Å². The van der Waals surface area contributed by atoms with E-state index in [1.54, 1.807) is 20.4 Å². The Balaban J connectivity index is 1.53. The first-order valence-electron chi connectivity index (χ1n) is 10.00. The van der Waals surface area contributed by atoms with E-state index in [1.807, 2.05) is 78.9 Å². The van der Waals surface area contributed by atoms with Crippen molar-refractivity contribution >= 4 is 12.1 Å². The van der Waals surface area contributed by atoms with Crippen molar-refractivity contribution in [3.63, 3.8) is 0 Å². The van der Waals surface area contributed by atoms with Gasteiger partial charge in [-0.2, -0.15) is 5.10 Å². The number of carbonyl (C=O) groups excluding carboxylic acids is 1. The predicted octanol–water partition coefficient (Wildman–Crippen LogP) is 4.21. The smallest absolute Gasteiger partial charge is 0.275 e. The van der Waals surface area contributed by atoms with E-state index in [4.69, 9.17) is 14.2 Å². The molecule has 0 saturated carbocycles. The summed E-state index contributed by atoms with van der Waals surface area (Å²) in [5.41, 5.74) is 2.82. The maximum atomic E-state index is 12.9. The van der Waals surface area contributed by atoms with Crippen LogP contribution >= 0.6 is 0 Å². The van der Waals surface area contributed by atoms with Crippen molar-refractivity contribution in [2.24, 2.45) is 5.10 Å². The zero-order valence-electron chi connectivity index (χ0n) is 17.5. The highest BCUT2D eigenvalue weighted by molar-refractivity contribution is 5.90. The Labute approximate surface area is 181 Å². The van der Waals surface area contributed by atoms with Gasteiger partial charge < -0.3 is 14.2 Å². The van der Waals surface area contributed by atoms with Crippen LogP contribution in [0.2, 0.25) is 0 Å². The van der Waals surface area contributed by atoms with Gasteiger partial charge in [-0.1, -0.05) is 42.5 Å². The van der Waals surface area contributed by atoms with E-state index in [0.29, 0.717) is 6.61 Å². The first-order chi connectivity index (χ1) is 15.2. The van der Waals surface area contributed by atoms with Gasteiger partial charge in [0.1, 0.15) is 17.5 Å². The number of hydrogen-bond donors (Lipinski definition) is 0. The first kappa shape index (κ1) is 20.6. The molecular formula is C25H24N2O4. The highest BCUT2D eigenvalue weighted by atomic mass is 16.5. The molecule has 6 nitrogen and oxygen atoms in total. The molecule has 1 aliphatic heterocycles. The maximum absolute atomic E-state index is 12.9. The van der Waals surface area contributed by atoms with E-state index in [-0.39, 0.29) is 11.9 Å². The third-order valence-electron chi connectivity index (χ3n) is 5.20. The van der Waals surface area contributed by atoms with Crippen LogP contribution in [-0.4, -0.2) is 37.5 Å². The summed E-state index contributed by atoms with van der Waals surface area (Å²) < 4.78 is 16.4. The van der Waals surface area contributed by atoms with Gasteiger partial charge in [-0.25, -0.2) is 5.01 Å². The van der Waals surface area contributed by atoms with Crippen LogP contribution in [-0.2, 0) is 16.1 Å². The van der Waals surface area contributed by atoms with Gasteiger partial charge in [0, 0.05) is 0 Å². The molecule has 0 aromatic heterocycles. The Kier molecular flexibility index (Phi) is 6.29. The molecule has 1 amide bonds. The van der Waals surface area contributed by atoms with E-state index in [1.165, 1.54) is 5.01 Å². The second kappa shape index (κ2) is 9.45. The number of nitrogens with zero attached hydrogens (tertiary/aromatic N) is 2. The first-order valence-corrected chi connectivity index (χ1v) is 10.00. The maximum Gasteiger partial charge on any atom is 0.275 e. The van der Waals surface area contributed by atoms with Crippen molar-refractivity contribution < 1.29 is 19.0 Å². The van der Waals surface area contributed by atoms with Crippen molar-refractivity contribution in [2.75, 3.05) is 14.2 Å². The van der Waals surface area contributed by atoms with Gasteiger partial charge in [0.25, 0.3) is 5.91 Å². The second-order valence-electron chi connectivity index (χ2n) is 7.14. The minimum atomic E-state index is -0.596. The summed E-state index contributed by atoms with van der Waals surface area (Å²) in [6.07, 6.45) is 1.07. The molecule has 1 aliphatic rings. The van der Waals surface area contributed by atoms with E-state index < -0.39 is 6.10 Å². The molecule has 31 heavy (non-hydrogen) atoms. The number of rotatable bonds is 8. The van der Waals surface area contributed by atoms with Crippen LogP contribution in [0.15, 0.2) is 84.0 Å². The third kappa shape index (κ3) is 4.59. The summed E-state index contributed by atoms with van der Waals surface area (Å²) in [6, 6.07) is 24.6. The van der Waals surface area contributed by atoms with E-state index in [9.17, 15) is 4.79 Å². The van der Waals surface area contributed by atoms with E-state index >= 15 is 0 Å². The molecule has 1 heterocycles. The highest BCUT2D eigenvalue weighted by Gasteiger charge is 2.49. The summed E-state index contributed by atoms with van der Waals surface area (Å²) in [5, 5.41) is 5.92. The van der Waals surface area contributed by atoms with Gasteiger partial charge in [0.2, 0.25) is 0 Å². The molecule has 0 N–H and O–H groups in total. The molecule has 2 atom stereocenters. The third-order valence-corrected chi connectivity index (χ3v) is 5.20. The number of carbonyl (C=O) groups is 1. The lowest BCUT2D eigenvalue weighted by molar-refractivity contribution is -0.176. The fraction of sp³-hybridized carbons (Fsp3) is 0.200. The fourth-order valence-corrected chi connectivity index (χ4v) is 3.44. The van der Waals surface area contributed by atoms with Crippen molar-refractivity contribution in [3.05, 3.63) is 95.6 Å². The molecule has 158 valence electrons. The average Bonchev–Trinajstić information content (AvgIpc) is 2.83. The largest absolute Gasteiger partial charge is 0.497 e. The van der Waals surface area contributed by atoms with E-state index in [0.717, 1.165) is 28.2 Å². The van der Waals surface area contributed by atoms with Crippen molar-refractivity contribution in [2.45, 2.75) is 18.8 Å². The van der Waals surface area contributed by atoms with Crippen molar-refractivity contribution in [1.29, 1.82) is 0 Å². The molecule has 0 aliphatic carbocycles. The summed E-state index contributed by atoms with van der Waals surface area (Å²) >= 11 is 0. The number of benzene rings is 3. The predicted molar refractivity (Wildman–Crippen MR) is 118 cm³/mol. The van der Waals surface area contributed by atoms with Crippen molar-refractivity contribution in [1.82, 2.24) is 5.01 Å². The summed E-state index contributed by atoms with van der Waals surface area (Å²) in [7, 11) is 3.25. The molecule has 3 aromatic rings. The number of amides is 1. The van der Waals surface area contributed by atoms with Gasteiger partial charge >= 0.3 is 0 Å². The second-order valence-corrected chi connectivity index (χ2v) is 7.14. The van der Waals surface area contributed by atoms with Crippen LogP contribution in [0.25, 0.3) is 0 Å². The molecule has 4 rings (SSSR count). The molecule has 0 bridgehead atoms. The highest BCUT2D eigenvalue weighted by Crippen LogP contribution is 2.38. The number of hydrogen-bond acceptors (Lipinski definition) is 5. The zero-order valence-corrected chi connectivity index (χ0v) is 17.5. The lowest BCUT2D eigenvalue weighted by Crippen LogP contribution is -2.57. The lowest BCUT2D eigenvalue weighted by atomic mass is 9.92. The number of ether oxygens (including phenoxy) is 3. The molecule has 0 radical (unpaired) electrons. The fourth-order valence-electron chi connectivity index (χ4n) is 3.44. The molecule has 6 heteroatoms. The van der Waals surface area contributed by atoms with Crippen molar-refractivity contribution in [3.8, 4) is 11.5 Å². The molecule has 0 spiro atoms. The normalized spacial score (nSPS) is 18.1. The summed E-state index contributed by atoms with van der Waals surface area (Å²) in [6.45, 7) is 0.361. The number of methoxy groups -OCH3 is 2. The topological polar surface area (TPSA) is 60.4 Å². The molecule has 3 aromatic carbocycles. The summed E-state index contributed by atoms with van der Waals surface area (Å²) in [5.74, 6) is 1.36. The van der Waals surface area contributed by atoms with Gasteiger partial charge in [-0.05, 0) is 53.1 Å². The standard InChI is InChI=1S/C25H24N2O4/c1-29-21-12-8-18(9-13-21)16-26-27-23(20-10-14-22(30-2)15-11-20)24(25(27)28)31-17-19-6-4-3-5-7-19/h3-16,23-24H,17H2,1-2H3/b26-16-/t23-,24-/m0/s1. The van der Waals surface area contributed by atoms with Gasteiger partial charge in [-0.15, -0.1) is 0 Å². The minimum absolute atomic E-state index is 0.165. The quantitative estimate of drug-likeness (QED) is 0.408. The Morgan fingerprint density at radius 1 is 0.871 bits per heavy atom. The van der Waals surface area contributed by atoms with E-state index in [2.05, 4.69) is 5.10 Å². The lowest BCUT2D eigenvalue weighted by Gasteiger charge is -2.43. The van der Waals surface area contributed by atoms with Gasteiger partial charge in [0.15, 0.2) is 6.10 Å². The number of hydrazone groups is 1. The molecule has 1 fully saturated rings. The Morgan fingerprint density at radius 3 is 2.10 bits per heavy atom. The minimum Gasteiger partial charge on any atom is -0.497 e. The molecule has 1 saturated heterocycles. The van der Waals surface area contributed by atoms with Crippen LogP contribution in [0.1, 0.15) is 22.7 Å². The zero-order chi connectivity index (χ0) is 21.6. The Hall–Kier alpha value is -3.64. The van der Waals surface area contributed by atoms with Crippen LogP contribution in [0, 0.1) is 0 Å². The van der Waals surface area contributed by atoms with Crippen LogP contribution in [0.5, 0.6) is 11.5 Å². The molecule has 0 unspecified atom stereocenters.